The van der Waals surface area contributed by atoms with Crippen LogP contribution in [-0.4, -0.2) is 23.9 Å². The molecule has 1 aliphatic heterocycles. The monoisotopic (exact) mass is 306 g/mol. The van der Waals surface area contributed by atoms with Crippen LogP contribution in [0.1, 0.15) is 24.0 Å². The van der Waals surface area contributed by atoms with Gasteiger partial charge in [0.15, 0.2) is 0 Å². The van der Waals surface area contributed by atoms with Crippen molar-refractivity contribution in [1.29, 1.82) is 0 Å². The van der Waals surface area contributed by atoms with E-state index in [-0.39, 0.29) is 0 Å². The van der Waals surface area contributed by atoms with Gasteiger partial charge in [0.1, 0.15) is 0 Å². The van der Waals surface area contributed by atoms with Crippen LogP contribution in [0, 0.1) is 11.8 Å². The number of nitrogens with zero attached hydrogens (tertiary/aromatic N) is 1. The summed E-state index contributed by atoms with van der Waals surface area (Å²) >= 11 is 0. The van der Waals surface area contributed by atoms with Gasteiger partial charge >= 0.3 is 0 Å². The maximum absolute atomic E-state index is 10.2. The van der Waals surface area contributed by atoms with E-state index in [2.05, 4.69) is 47.1 Å². The quantitative estimate of drug-likeness (QED) is 0.867. The first-order chi connectivity index (χ1) is 11.2. The first kappa shape index (κ1) is 16.8. The molecule has 23 heavy (non-hydrogen) atoms. The Morgan fingerprint density at radius 1 is 0.957 bits per heavy atom. The molecular formula is C20H22N2O. The Kier molecular flexibility index (Phi) is 6.90. The highest BCUT2D eigenvalue weighted by molar-refractivity contribution is 5.92. The minimum atomic E-state index is -0.603. The maximum Gasteiger partial charge on any atom is 0.293 e. The molecule has 0 aliphatic carbocycles. The number of primary amides is 1. The largest absolute Gasteiger partial charge is 0.359 e. The average Bonchev–Trinajstić information content (AvgIpc) is 3.08. The molecule has 118 valence electrons. The van der Waals surface area contributed by atoms with Gasteiger partial charge in [-0.1, -0.05) is 54.5 Å². The molecular weight excluding hydrogens is 284 g/mol. The lowest BCUT2D eigenvalue weighted by Gasteiger charge is -2.13. The number of likely N-dealkylation sites (tertiary alicyclic amines) is 1. The molecule has 3 heteroatoms. The van der Waals surface area contributed by atoms with Crippen molar-refractivity contribution in [2.24, 2.45) is 5.73 Å². The Hall–Kier alpha value is -2.57. The zero-order valence-electron chi connectivity index (χ0n) is 13.2. The number of nitrogens with two attached hydrogens (primary N) is 1. The molecule has 1 saturated heterocycles. The Labute approximate surface area is 138 Å². The summed E-state index contributed by atoms with van der Waals surface area (Å²) in [5.41, 5.74) is 7.07. The molecule has 0 atom stereocenters. The van der Waals surface area contributed by atoms with Crippen molar-refractivity contribution < 1.29 is 4.79 Å². The van der Waals surface area contributed by atoms with E-state index < -0.39 is 5.91 Å². The number of carbonyl (C=O) groups excluding carboxylic acids is 1. The molecule has 1 heterocycles. The van der Waals surface area contributed by atoms with E-state index in [1.54, 1.807) is 0 Å². The lowest BCUT2D eigenvalue weighted by molar-refractivity contribution is -0.112. The predicted molar refractivity (Wildman–Crippen MR) is 93.5 cm³/mol. The highest BCUT2D eigenvalue weighted by Crippen LogP contribution is 2.11. The van der Waals surface area contributed by atoms with E-state index in [0.717, 1.165) is 12.1 Å². The van der Waals surface area contributed by atoms with Gasteiger partial charge in [-0.3, -0.25) is 9.69 Å². The normalized spacial score (nSPS) is 13.4. The van der Waals surface area contributed by atoms with E-state index in [0.29, 0.717) is 0 Å². The van der Waals surface area contributed by atoms with Crippen LogP contribution in [0.5, 0.6) is 0 Å². The summed E-state index contributed by atoms with van der Waals surface area (Å²) in [5.74, 6) is 4.27. The van der Waals surface area contributed by atoms with Gasteiger partial charge in [-0.05, 0) is 49.5 Å². The molecule has 3 nitrogen and oxygen atoms in total. The van der Waals surface area contributed by atoms with Gasteiger partial charge in [-0.15, -0.1) is 0 Å². The Balaban J connectivity index is 0.000000168. The lowest BCUT2D eigenvalue weighted by atomic mass is 10.2. The van der Waals surface area contributed by atoms with Crippen LogP contribution in [0.25, 0.3) is 0 Å². The maximum atomic E-state index is 10.2. The number of hydrogen-bond acceptors (Lipinski definition) is 2. The molecule has 1 amide bonds. The third-order valence-corrected chi connectivity index (χ3v) is 3.55. The first-order valence-corrected chi connectivity index (χ1v) is 7.87. The van der Waals surface area contributed by atoms with Crippen molar-refractivity contribution in [3.05, 3.63) is 71.8 Å². The zero-order valence-corrected chi connectivity index (χ0v) is 13.2. The first-order valence-electron chi connectivity index (χ1n) is 7.87. The molecule has 2 aromatic carbocycles. The van der Waals surface area contributed by atoms with Gasteiger partial charge in [0.05, 0.1) is 0 Å². The van der Waals surface area contributed by atoms with Crippen molar-refractivity contribution in [2.45, 2.75) is 19.4 Å². The van der Waals surface area contributed by atoms with Gasteiger partial charge in [-0.25, -0.2) is 0 Å². The summed E-state index contributed by atoms with van der Waals surface area (Å²) in [6.07, 6.45) is 2.76. The molecule has 0 spiro atoms. The summed E-state index contributed by atoms with van der Waals surface area (Å²) < 4.78 is 0. The Bertz CT molecular complexity index is 650. The summed E-state index contributed by atoms with van der Waals surface area (Å²) in [6.45, 7) is 3.71. The standard InChI is InChI=1S/C11H15N.C9H7NO/c1-2-6-11(7-3-1)10-12-8-4-5-9-12;10-9(11)7-6-8-4-2-1-3-5-8/h1-3,6-7H,4-5,8-10H2;1-5H,(H2,10,11). The minimum Gasteiger partial charge on any atom is -0.359 e. The van der Waals surface area contributed by atoms with Gasteiger partial charge < -0.3 is 5.73 Å². The van der Waals surface area contributed by atoms with Crippen molar-refractivity contribution in [1.82, 2.24) is 4.90 Å². The van der Waals surface area contributed by atoms with Gasteiger partial charge in [0.2, 0.25) is 0 Å². The van der Waals surface area contributed by atoms with Crippen LogP contribution in [0.15, 0.2) is 60.7 Å². The number of hydrogen-bond donors (Lipinski definition) is 1. The van der Waals surface area contributed by atoms with Gasteiger partial charge in [0.25, 0.3) is 5.91 Å². The molecule has 0 bridgehead atoms. The van der Waals surface area contributed by atoms with Crippen molar-refractivity contribution in [3.63, 3.8) is 0 Å². The lowest BCUT2D eigenvalue weighted by Crippen LogP contribution is -2.18. The van der Waals surface area contributed by atoms with Crippen LogP contribution >= 0.6 is 0 Å². The summed E-state index contributed by atoms with van der Waals surface area (Å²) in [7, 11) is 0. The summed E-state index contributed by atoms with van der Waals surface area (Å²) in [6, 6.07) is 19.9. The smallest absolute Gasteiger partial charge is 0.293 e. The molecule has 0 saturated carbocycles. The molecule has 0 radical (unpaired) electrons. The van der Waals surface area contributed by atoms with E-state index in [1.807, 2.05) is 30.3 Å². The topological polar surface area (TPSA) is 46.3 Å². The fourth-order valence-electron chi connectivity index (χ4n) is 2.44. The molecule has 0 aromatic heterocycles. The fraction of sp³-hybridized carbons (Fsp3) is 0.250. The fourth-order valence-corrected chi connectivity index (χ4v) is 2.44. The van der Waals surface area contributed by atoms with Crippen molar-refractivity contribution in [2.75, 3.05) is 13.1 Å². The van der Waals surface area contributed by atoms with E-state index in [1.165, 1.54) is 31.5 Å². The molecule has 3 rings (SSSR count). The van der Waals surface area contributed by atoms with Crippen molar-refractivity contribution >= 4 is 5.91 Å². The number of rotatable bonds is 2. The van der Waals surface area contributed by atoms with Crippen LogP contribution in [0.3, 0.4) is 0 Å². The average molecular weight is 306 g/mol. The predicted octanol–water partition coefficient (Wildman–Crippen LogP) is 2.81. The van der Waals surface area contributed by atoms with Crippen molar-refractivity contribution in [3.8, 4) is 11.8 Å². The second-order valence-corrected chi connectivity index (χ2v) is 5.45. The Morgan fingerprint density at radius 2 is 1.52 bits per heavy atom. The highest BCUT2D eigenvalue weighted by atomic mass is 16.1. The minimum absolute atomic E-state index is 0.603. The summed E-state index contributed by atoms with van der Waals surface area (Å²) in [4.78, 5) is 12.7. The van der Waals surface area contributed by atoms with Gasteiger partial charge in [0, 0.05) is 12.1 Å². The second-order valence-electron chi connectivity index (χ2n) is 5.45. The van der Waals surface area contributed by atoms with Crippen LogP contribution < -0.4 is 5.73 Å². The third-order valence-electron chi connectivity index (χ3n) is 3.55. The highest BCUT2D eigenvalue weighted by Gasteiger charge is 2.10. The molecule has 2 aromatic rings. The molecule has 2 N–H and O–H groups in total. The molecule has 1 aliphatic rings. The van der Waals surface area contributed by atoms with E-state index in [9.17, 15) is 4.79 Å². The van der Waals surface area contributed by atoms with Crippen LogP contribution in [0.4, 0.5) is 0 Å². The molecule has 1 fully saturated rings. The number of amides is 1. The number of benzene rings is 2. The van der Waals surface area contributed by atoms with E-state index in [4.69, 9.17) is 5.73 Å². The Morgan fingerprint density at radius 3 is 2.09 bits per heavy atom. The molecule has 0 unspecified atom stereocenters. The van der Waals surface area contributed by atoms with E-state index >= 15 is 0 Å². The van der Waals surface area contributed by atoms with Gasteiger partial charge in [-0.2, -0.15) is 0 Å². The second kappa shape index (κ2) is 9.45. The SMILES string of the molecule is NC(=O)C#Cc1ccccc1.c1ccc(CN2CCCC2)cc1. The van der Waals surface area contributed by atoms with Crippen LogP contribution in [0.2, 0.25) is 0 Å². The van der Waals surface area contributed by atoms with Crippen LogP contribution in [-0.2, 0) is 11.3 Å². The zero-order chi connectivity index (χ0) is 16.3. The summed E-state index contributed by atoms with van der Waals surface area (Å²) in [5, 5.41) is 0. The third kappa shape index (κ3) is 6.82. The number of carbonyl (C=O) groups is 1.